The lowest BCUT2D eigenvalue weighted by Crippen LogP contribution is -2.47. The van der Waals surface area contributed by atoms with Crippen molar-refractivity contribution in [1.29, 1.82) is 0 Å². The summed E-state index contributed by atoms with van der Waals surface area (Å²) in [5, 5.41) is 3.86. The van der Waals surface area contributed by atoms with E-state index in [9.17, 15) is 4.89 Å². The van der Waals surface area contributed by atoms with E-state index in [0.717, 1.165) is 0 Å². The van der Waals surface area contributed by atoms with Crippen molar-refractivity contribution in [3.05, 3.63) is 0 Å². The third kappa shape index (κ3) is 17.6. The van der Waals surface area contributed by atoms with E-state index in [2.05, 4.69) is 44.4 Å². The lowest BCUT2D eigenvalue weighted by Gasteiger charge is -2.38. The van der Waals surface area contributed by atoms with Gasteiger partial charge in [-0.25, -0.2) is 8.43 Å². The molecule has 0 aliphatic carbocycles. The molecule has 31 heavy (non-hydrogen) atoms. The predicted octanol–water partition coefficient (Wildman–Crippen LogP) is 5.21. The first kappa shape index (κ1) is 31.5. The molecule has 0 aromatic rings. The van der Waals surface area contributed by atoms with E-state index in [-0.39, 0.29) is 12.7 Å². The highest BCUT2D eigenvalue weighted by Crippen LogP contribution is 2.58. The van der Waals surface area contributed by atoms with Crippen molar-refractivity contribution in [1.82, 2.24) is 0 Å². The normalized spacial score (nSPS) is 16.6. The first-order chi connectivity index (χ1) is 13.6. The molecule has 13 heteroatoms. The van der Waals surface area contributed by atoms with Crippen molar-refractivity contribution in [3.63, 3.8) is 0 Å². The van der Waals surface area contributed by atoms with Gasteiger partial charge < -0.3 is 18.6 Å². The molecule has 0 radical (unpaired) electrons. The van der Waals surface area contributed by atoms with Crippen LogP contribution in [0.4, 0.5) is 0 Å². The van der Waals surface area contributed by atoms with Crippen molar-refractivity contribution in [3.8, 4) is 0 Å². The first-order valence-electron chi connectivity index (χ1n) is 10.7. The van der Waals surface area contributed by atoms with Crippen molar-refractivity contribution < 1.29 is 31.5 Å². The number of rotatable bonds is 15. The molecule has 0 aromatic heterocycles. The summed E-state index contributed by atoms with van der Waals surface area (Å²) in [5.74, 6) is 0. The number of hydrogen-bond acceptors (Lipinski definition) is 8. The Morgan fingerprint density at radius 1 is 0.742 bits per heavy atom. The minimum atomic E-state index is -3.75. The second-order valence-corrected chi connectivity index (χ2v) is 31.4. The van der Waals surface area contributed by atoms with Crippen LogP contribution in [-0.2, 0) is 26.6 Å². The topological polar surface area (TPSA) is 90.8 Å². The van der Waals surface area contributed by atoms with Crippen LogP contribution >= 0.6 is 8.17 Å². The average Bonchev–Trinajstić information content (AvgIpc) is 2.44. The zero-order chi connectivity index (χ0) is 24.7. The Labute approximate surface area is 195 Å². The number of hydrogen-bond donors (Lipinski definition) is 0. The van der Waals surface area contributed by atoms with Crippen molar-refractivity contribution in [2.45, 2.75) is 97.2 Å². The molecule has 0 fully saturated rings. The van der Waals surface area contributed by atoms with Gasteiger partial charge in [-0.3, -0.25) is 0 Å². The highest BCUT2D eigenvalue weighted by atomic mass is 31.2. The molecule has 0 saturated heterocycles. The SMILES string of the molecule is CO/N=C\C[C@H](O[Si](C)(C)C)[C@@H](CO[P+]([O-])(O[Si](C)(C)C)O[Si](C)(C)C)O[Si](C)(C)C. The number of oxime groups is 1. The van der Waals surface area contributed by atoms with Gasteiger partial charge in [-0.05, 0) is 78.6 Å². The molecule has 8 nitrogen and oxygen atoms in total. The highest BCUT2D eigenvalue weighted by molar-refractivity contribution is 7.57. The van der Waals surface area contributed by atoms with Crippen molar-refractivity contribution >= 4 is 47.7 Å². The molecule has 0 aliphatic heterocycles. The Morgan fingerprint density at radius 3 is 1.52 bits per heavy atom. The molecule has 0 N–H and O–H groups in total. The molecule has 0 spiro atoms. The van der Waals surface area contributed by atoms with E-state index in [1.807, 2.05) is 39.3 Å². The fourth-order valence-corrected chi connectivity index (χ4v) is 11.4. The number of phosphoric acid groups is 1. The minimum absolute atomic E-state index is 0.0481. The Morgan fingerprint density at radius 2 is 1.16 bits per heavy atom. The van der Waals surface area contributed by atoms with Crippen LogP contribution in [0.3, 0.4) is 0 Å². The zero-order valence-electron chi connectivity index (χ0n) is 21.9. The van der Waals surface area contributed by atoms with Crippen LogP contribution in [0.2, 0.25) is 78.6 Å². The molecule has 0 unspecified atom stereocenters. The Bertz CT molecular complexity index is 541. The van der Waals surface area contributed by atoms with Gasteiger partial charge in [-0.2, -0.15) is 4.52 Å². The lowest BCUT2D eigenvalue weighted by molar-refractivity contribution is -0.234. The highest BCUT2D eigenvalue weighted by Gasteiger charge is 2.45. The fourth-order valence-electron chi connectivity index (χ4n) is 2.53. The van der Waals surface area contributed by atoms with Crippen LogP contribution in [0, 0.1) is 0 Å². The molecular formula is C18H46NO7PSi4. The van der Waals surface area contributed by atoms with Gasteiger partial charge in [0.2, 0.25) is 16.6 Å². The van der Waals surface area contributed by atoms with Gasteiger partial charge in [0.1, 0.15) is 13.7 Å². The average molecular weight is 532 g/mol. The molecule has 186 valence electrons. The van der Waals surface area contributed by atoms with Gasteiger partial charge in [0.05, 0.1) is 12.2 Å². The van der Waals surface area contributed by atoms with Crippen molar-refractivity contribution in [2.24, 2.45) is 5.16 Å². The third-order valence-electron chi connectivity index (χ3n) is 3.11. The summed E-state index contributed by atoms with van der Waals surface area (Å²) in [6.45, 7) is 24.5. The summed E-state index contributed by atoms with van der Waals surface area (Å²) in [6, 6.07) is 0. The Kier molecular flexibility index (Phi) is 12.5. The third-order valence-corrected chi connectivity index (χ3v) is 11.8. The largest absolute Gasteiger partial charge is 0.607 e. The quantitative estimate of drug-likeness (QED) is 0.124. The molecule has 2 atom stereocenters. The number of nitrogens with zero attached hydrogens (tertiary/aromatic N) is 1. The molecule has 0 saturated carbocycles. The molecule has 0 rings (SSSR count). The van der Waals surface area contributed by atoms with E-state index in [1.165, 1.54) is 7.11 Å². The standard InChI is InChI=1S/C18H46NO7PSi4/c1-21-19-15-14-17(23-28(2,3)4)18(24-29(5,6)7)16-22-27(20,25-30(8,9)10)26-31(11,12)13/h15,17-18H,14,16H2,1-13H3/b19-15-/t17-,18+/m0/s1. The van der Waals surface area contributed by atoms with Gasteiger partial charge >= 0.3 is 8.17 Å². The summed E-state index contributed by atoms with van der Waals surface area (Å²) >= 11 is 0. The molecule has 0 amide bonds. The maximum atomic E-state index is 13.6. The van der Waals surface area contributed by atoms with E-state index < -0.39 is 47.5 Å². The summed E-state index contributed by atoms with van der Waals surface area (Å²) in [7, 11) is -10.5. The predicted molar refractivity (Wildman–Crippen MR) is 138 cm³/mol. The molecule has 0 aliphatic rings. The fraction of sp³-hybridized carbons (Fsp3) is 0.944. The summed E-state index contributed by atoms with van der Waals surface area (Å²) in [6.07, 6.45) is 1.40. The van der Waals surface area contributed by atoms with Crippen molar-refractivity contribution in [2.75, 3.05) is 13.7 Å². The van der Waals surface area contributed by atoms with Gasteiger partial charge in [-0.15, -0.1) is 0 Å². The van der Waals surface area contributed by atoms with E-state index in [4.69, 9.17) is 26.6 Å². The maximum Gasteiger partial charge on any atom is 0.356 e. The van der Waals surface area contributed by atoms with Crippen LogP contribution in [0.5, 0.6) is 0 Å². The smallest absolute Gasteiger partial charge is 0.356 e. The molecule has 0 aromatic carbocycles. The van der Waals surface area contributed by atoms with Gasteiger partial charge in [0.15, 0.2) is 16.6 Å². The Balaban J connectivity index is 5.81. The lowest BCUT2D eigenvalue weighted by atomic mass is 10.1. The van der Waals surface area contributed by atoms with Crippen LogP contribution in [-0.4, -0.2) is 65.4 Å². The first-order valence-corrected chi connectivity index (χ1v) is 25.8. The van der Waals surface area contributed by atoms with E-state index in [0.29, 0.717) is 6.42 Å². The summed E-state index contributed by atoms with van der Waals surface area (Å²) < 4.78 is 30.6. The maximum absolute atomic E-state index is 13.6. The van der Waals surface area contributed by atoms with Crippen LogP contribution in [0.15, 0.2) is 5.16 Å². The molecule has 0 bridgehead atoms. The minimum Gasteiger partial charge on any atom is -0.607 e. The van der Waals surface area contributed by atoms with Crippen LogP contribution in [0.25, 0.3) is 0 Å². The van der Waals surface area contributed by atoms with Crippen LogP contribution in [0.1, 0.15) is 6.42 Å². The van der Waals surface area contributed by atoms with E-state index in [1.54, 1.807) is 6.21 Å². The zero-order valence-corrected chi connectivity index (χ0v) is 26.8. The Hall–Kier alpha value is 0.528. The monoisotopic (exact) mass is 531 g/mol. The van der Waals surface area contributed by atoms with E-state index >= 15 is 0 Å². The van der Waals surface area contributed by atoms with Gasteiger partial charge in [0.25, 0.3) is 0 Å². The summed E-state index contributed by atoms with van der Waals surface area (Å²) in [5.41, 5.74) is 0. The molecular weight excluding hydrogens is 486 g/mol. The molecule has 0 heterocycles. The van der Waals surface area contributed by atoms with Gasteiger partial charge in [0, 0.05) is 12.6 Å². The second kappa shape index (κ2) is 12.3. The van der Waals surface area contributed by atoms with Crippen LogP contribution < -0.4 is 4.89 Å². The summed E-state index contributed by atoms with van der Waals surface area (Å²) in [4.78, 5) is 18.4. The van der Waals surface area contributed by atoms with Gasteiger partial charge in [-0.1, -0.05) is 5.16 Å². The second-order valence-electron chi connectivity index (χ2n) is 11.4.